The predicted molar refractivity (Wildman–Crippen MR) is 74.9 cm³/mol. The van der Waals surface area contributed by atoms with E-state index in [1.807, 2.05) is 0 Å². The lowest BCUT2D eigenvalue weighted by atomic mass is 10.6. The Kier molecular flexibility index (Phi) is 15.9. The van der Waals surface area contributed by atoms with Gasteiger partial charge in [0.05, 0.1) is 60.0 Å². The monoisotopic (exact) mass is 304 g/mol. The smallest absolute Gasteiger partial charge is 0.331 e. The zero-order valence-electron chi connectivity index (χ0n) is 12.5. The number of hydrogen-bond donors (Lipinski definition) is 0. The van der Waals surface area contributed by atoms with Crippen LogP contribution in [0.4, 0.5) is 0 Å². The average Bonchev–Trinajstić information content (AvgIpc) is 2.50. The quantitative estimate of drug-likeness (QED) is 0.237. The largest absolute Gasteiger partial charge is 0.467 e. The summed E-state index contributed by atoms with van der Waals surface area (Å²) >= 11 is 0. The van der Waals surface area contributed by atoms with E-state index in [9.17, 15) is 4.79 Å². The fourth-order valence-electron chi connectivity index (χ4n) is 1.12. The van der Waals surface area contributed by atoms with Crippen molar-refractivity contribution in [1.82, 2.24) is 0 Å². The first-order valence-corrected chi connectivity index (χ1v) is 6.70. The van der Waals surface area contributed by atoms with E-state index in [2.05, 4.69) is 10.7 Å². The minimum absolute atomic E-state index is 0.0568. The van der Waals surface area contributed by atoms with Crippen molar-refractivity contribution in [2.24, 2.45) is 0 Å². The Morgan fingerprint density at radius 2 is 1.24 bits per heavy atom. The highest BCUT2D eigenvalue weighted by molar-refractivity contribution is 5.70. The van der Waals surface area contributed by atoms with Gasteiger partial charge in [0.25, 0.3) is 0 Å². The maximum absolute atomic E-state index is 10.7. The molecule has 0 atom stereocenters. The first-order valence-electron chi connectivity index (χ1n) is 6.70. The molecule has 0 heterocycles. The van der Waals surface area contributed by atoms with Gasteiger partial charge >= 0.3 is 5.97 Å². The molecule has 0 amide bonds. The van der Waals surface area contributed by atoms with Crippen LogP contribution in [0.15, 0.2) is 0 Å². The second kappa shape index (κ2) is 16.9. The van der Waals surface area contributed by atoms with Crippen molar-refractivity contribution < 1.29 is 33.2 Å². The molecular weight excluding hydrogens is 280 g/mol. The van der Waals surface area contributed by atoms with Gasteiger partial charge in [-0.25, -0.2) is 4.79 Å². The van der Waals surface area contributed by atoms with Crippen LogP contribution in [0, 0.1) is 12.3 Å². The SMILES string of the molecule is C#CCOCCOCCOCCOCCOCC(=O)OC. The van der Waals surface area contributed by atoms with Crippen molar-refractivity contribution in [2.45, 2.75) is 0 Å². The van der Waals surface area contributed by atoms with Crippen LogP contribution < -0.4 is 0 Å². The van der Waals surface area contributed by atoms with Gasteiger partial charge in [-0.2, -0.15) is 0 Å². The number of methoxy groups -OCH3 is 1. The Bertz CT molecular complexity index is 275. The summed E-state index contributed by atoms with van der Waals surface area (Å²) in [4.78, 5) is 10.7. The summed E-state index contributed by atoms with van der Waals surface area (Å²) < 4.78 is 30.2. The molecule has 0 radical (unpaired) electrons. The zero-order chi connectivity index (χ0) is 15.6. The van der Waals surface area contributed by atoms with Crippen LogP contribution in [0.2, 0.25) is 0 Å². The molecule has 0 N–H and O–H groups in total. The van der Waals surface area contributed by atoms with Gasteiger partial charge in [0.2, 0.25) is 0 Å². The van der Waals surface area contributed by atoms with Gasteiger partial charge in [-0.15, -0.1) is 6.42 Å². The number of esters is 1. The second-order valence-electron chi connectivity index (χ2n) is 3.72. The van der Waals surface area contributed by atoms with E-state index in [1.54, 1.807) is 0 Å². The number of carbonyl (C=O) groups is 1. The van der Waals surface area contributed by atoms with E-state index in [4.69, 9.17) is 30.1 Å². The summed E-state index contributed by atoms with van der Waals surface area (Å²) in [7, 11) is 1.31. The molecule has 0 spiro atoms. The van der Waals surface area contributed by atoms with E-state index in [-0.39, 0.29) is 6.61 Å². The highest BCUT2D eigenvalue weighted by Gasteiger charge is 1.98. The van der Waals surface area contributed by atoms with Crippen LogP contribution >= 0.6 is 0 Å². The number of ether oxygens (including phenoxy) is 6. The maximum atomic E-state index is 10.7. The van der Waals surface area contributed by atoms with Crippen molar-refractivity contribution in [2.75, 3.05) is 73.2 Å². The van der Waals surface area contributed by atoms with Gasteiger partial charge in [0.1, 0.15) is 13.2 Å². The van der Waals surface area contributed by atoms with E-state index in [0.29, 0.717) is 59.5 Å². The third-order valence-electron chi connectivity index (χ3n) is 2.12. The van der Waals surface area contributed by atoms with Gasteiger partial charge in [0.15, 0.2) is 0 Å². The molecule has 122 valence electrons. The molecular formula is C14H24O7. The van der Waals surface area contributed by atoms with Gasteiger partial charge in [-0.1, -0.05) is 5.92 Å². The highest BCUT2D eigenvalue weighted by atomic mass is 16.6. The Morgan fingerprint density at radius 3 is 1.67 bits per heavy atom. The molecule has 0 aromatic heterocycles. The fraction of sp³-hybridized carbons (Fsp3) is 0.786. The summed E-state index contributed by atoms with van der Waals surface area (Å²) in [5, 5.41) is 0. The summed E-state index contributed by atoms with van der Waals surface area (Å²) in [6.07, 6.45) is 5.02. The number of terminal acetylenes is 1. The van der Waals surface area contributed by atoms with Crippen LogP contribution in [-0.2, 0) is 33.2 Å². The van der Waals surface area contributed by atoms with Gasteiger partial charge < -0.3 is 28.4 Å². The first-order chi connectivity index (χ1) is 10.3. The Hall–Kier alpha value is -1.17. The topological polar surface area (TPSA) is 72.5 Å². The minimum atomic E-state index is -0.400. The summed E-state index contributed by atoms with van der Waals surface area (Å²) in [6.45, 7) is 3.93. The third kappa shape index (κ3) is 16.8. The van der Waals surface area contributed by atoms with Crippen molar-refractivity contribution >= 4 is 5.97 Å². The zero-order valence-corrected chi connectivity index (χ0v) is 12.5. The molecule has 0 aromatic carbocycles. The Labute approximate surface area is 125 Å². The van der Waals surface area contributed by atoms with Crippen LogP contribution in [0.5, 0.6) is 0 Å². The van der Waals surface area contributed by atoms with Crippen LogP contribution in [0.3, 0.4) is 0 Å². The normalized spacial score (nSPS) is 10.3. The van der Waals surface area contributed by atoms with Crippen LogP contribution in [0.1, 0.15) is 0 Å². The molecule has 0 rings (SSSR count). The molecule has 0 unspecified atom stereocenters. The van der Waals surface area contributed by atoms with Gasteiger partial charge in [-0.05, 0) is 0 Å². The minimum Gasteiger partial charge on any atom is -0.467 e. The highest BCUT2D eigenvalue weighted by Crippen LogP contribution is 1.84. The van der Waals surface area contributed by atoms with E-state index in [1.165, 1.54) is 7.11 Å². The lowest BCUT2D eigenvalue weighted by molar-refractivity contribution is -0.146. The van der Waals surface area contributed by atoms with Crippen LogP contribution in [0.25, 0.3) is 0 Å². The Balaban J connectivity index is 3.00. The van der Waals surface area contributed by atoms with Gasteiger partial charge in [0, 0.05) is 0 Å². The lowest BCUT2D eigenvalue weighted by Gasteiger charge is -2.07. The maximum Gasteiger partial charge on any atom is 0.331 e. The molecule has 0 aliphatic rings. The summed E-state index contributed by atoms with van der Waals surface area (Å²) in [6, 6.07) is 0. The van der Waals surface area contributed by atoms with E-state index >= 15 is 0 Å². The molecule has 0 aliphatic heterocycles. The molecule has 0 bridgehead atoms. The Morgan fingerprint density at radius 1 is 0.810 bits per heavy atom. The fourth-order valence-corrected chi connectivity index (χ4v) is 1.12. The predicted octanol–water partition coefficient (Wildman–Crippen LogP) is -0.124. The van der Waals surface area contributed by atoms with E-state index in [0.717, 1.165) is 0 Å². The standard InChI is InChI=1S/C14H24O7/c1-3-4-17-5-6-18-7-8-19-9-10-20-11-12-21-13-14(15)16-2/h1H,4-13H2,2H3. The van der Waals surface area contributed by atoms with Crippen molar-refractivity contribution in [3.05, 3.63) is 0 Å². The average molecular weight is 304 g/mol. The molecule has 0 saturated carbocycles. The molecule has 0 fully saturated rings. The van der Waals surface area contributed by atoms with Crippen molar-refractivity contribution in [3.8, 4) is 12.3 Å². The first kappa shape index (κ1) is 19.8. The number of carbonyl (C=O) groups excluding carboxylic acids is 1. The molecule has 7 nitrogen and oxygen atoms in total. The number of rotatable bonds is 15. The summed E-state index contributed by atoms with van der Waals surface area (Å²) in [5.74, 6) is 1.97. The van der Waals surface area contributed by atoms with Crippen molar-refractivity contribution in [1.29, 1.82) is 0 Å². The lowest BCUT2D eigenvalue weighted by Crippen LogP contribution is -2.15. The molecule has 0 aromatic rings. The molecule has 0 saturated heterocycles. The molecule has 21 heavy (non-hydrogen) atoms. The van der Waals surface area contributed by atoms with Gasteiger partial charge in [-0.3, -0.25) is 0 Å². The van der Waals surface area contributed by atoms with E-state index < -0.39 is 5.97 Å². The summed E-state index contributed by atoms with van der Waals surface area (Å²) in [5.41, 5.74) is 0. The molecule has 7 heteroatoms. The van der Waals surface area contributed by atoms with Crippen LogP contribution in [-0.4, -0.2) is 79.1 Å². The van der Waals surface area contributed by atoms with Crippen molar-refractivity contribution in [3.63, 3.8) is 0 Å². The third-order valence-corrected chi connectivity index (χ3v) is 2.12. The number of hydrogen-bond acceptors (Lipinski definition) is 7. The second-order valence-corrected chi connectivity index (χ2v) is 3.72. The molecule has 0 aliphatic carbocycles.